The molecule has 132 valence electrons. The van der Waals surface area contributed by atoms with Crippen LogP contribution >= 0.6 is 0 Å². The molecule has 2 fully saturated rings. The Hall–Kier alpha value is -2.08. The maximum Gasteiger partial charge on any atom is 0.336 e. The van der Waals surface area contributed by atoms with Crippen LogP contribution in [0.25, 0.3) is 0 Å². The summed E-state index contributed by atoms with van der Waals surface area (Å²) in [6, 6.07) is 1.81. The van der Waals surface area contributed by atoms with Gasteiger partial charge in [-0.25, -0.2) is 4.79 Å². The van der Waals surface area contributed by atoms with Crippen molar-refractivity contribution in [3.63, 3.8) is 0 Å². The number of hydrogen-bond donors (Lipinski definition) is 1. The zero-order chi connectivity index (χ0) is 17.4. The predicted molar refractivity (Wildman–Crippen MR) is 83.8 cm³/mol. The molecule has 1 aromatic rings. The average molecular weight is 344 g/mol. The summed E-state index contributed by atoms with van der Waals surface area (Å²) in [4.78, 5) is 25.3. The van der Waals surface area contributed by atoms with Crippen LogP contribution in [0, 0.1) is 17.3 Å². The fraction of sp³-hybridized carbons (Fsp3) is 0.579. The van der Waals surface area contributed by atoms with Crippen molar-refractivity contribution >= 4 is 11.9 Å². The highest BCUT2D eigenvalue weighted by Gasteiger charge is 2.68. The second kappa shape index (κ2) is 4.75. The molecule has 0 amide bonds. The molecular formula is C19H20O6. The van der Waals surface area contributed by atoms with Crippen molar-refractivity contribution in [3.05, 3.63) is 35.3 Å². The molecule has 1 saturated heterocycles. The number of furan rings is 1. The first kappa shape index (κ1) is 15.2. The summed E-state index contributed by atoms with van der Waals surface area (Å²) >= 11 is 0. The van der Waals surface area contributed by atoms with E-state index in [0.717, 1.165) is 18.4 Å². The summed E-state index contributed by atoms with van der Waals surface area (Å²) in [5.74, 6) is -2.56. The largest absolute Gasteiger partial charge is 0.472 e. The van der Waals surface area contributed by atoms with Gasteiger partial charge in [0.15, 0.2) is 0 Å². The summed E-state index contributed by atoms with van der Waals surface area (Å²) in [6.07, 6.45) is 5.79. The first-order valence-corrected chi connectivity index (χ1v) is 8.88. The quantitative estimate of drug-likeness (QED) is 0.788. The fourth-order valence-corrected chi connectivity index (χ4v) is 5.57. The van der Waals surface area contributed by atoms with Crippen molar-refractivity contribution < 1.29 is 28.6 Å². The Kier molecular flexibility index (Phi) is 2.89. The average Bonchev–Trinajstić information content (AvgIpc) is 3.25. The molecule has 2 aliphatic carbocycles. The Bertz CT molecular complexity index is 793. The highest BCUT2D eigenvalue weighted by Crippen LogP contribution is 2.64. The number of aliphatic hydroxyl groups is 1. The molecule has 5 rings (SSSR count). The summed E-state index contributed by atoms with van der Waals surface area (Å²) in [6.45, 7) is 1.95. The molecule has 6 heteroatoms. The highest BCUT2D eigenvalue weighted by atomic mass is 16.7. The Morgan fingerprint density at radius 2 is 2.12 bits per heavy atom. The van der Waals surface area contributed by atoms with E-state index in [2.05, 4.69) is 0 Å². The van der Waals surface area contributed by atoms with E-state index in [1.807, 2.05) is 13.0 Å². The molecule has 3 heterocycles. The van der Waals surface area contributed by atoms with Crippen molar-refractivity contribution in [1.29, 1.82) is 0 Å². The first-order chi connectivity index (χ1) is 12.0. The number of rotatable bonds is 1. The standard InChI is InChI=1S/C19H20O6/c1-10-7-19(22)15-12(16(20)25-19)3-2-4-13(15)18(10)8-14(24-17(18)21)11-5-6-23-9-11/h5-6,9-10,13-14,22H,2-4,7-8H2,1H3/t10-,13+,14+,18+,19+/m1/s1. The van der Waals surface area contributed by atoms with Gasteiger partial charge in [-0.3, -0.25) is 4.79 Å². The summed E-state index contributed by atoms with van der Waals surface area (Å²) in [7, 11) is 0. The molecule has 0 bridgehead atoms. The van der Waals surface area contributed by atoms with Crippen LogP contribution in [0.1, 0.15) is 50.7 Å². The van der Waals surface area contributed by atoms with Crippen LogP contribution in [0.15, 0.2) is 34.2 Å². The van der Waals surface area contributed by atoms with Crippen molar-refractivity contribution in [2.45, 2.75) is 50.9 Å². The molecule has 1 spiro atoms. The van der Waals surface area contributed by atoms with Gasteiger partial charge in [-0.1, -0.05) is 6.92 Å². The van der Waals surface area contributed by atoms with Gasteiger partial charge in [0.2, 0.25) is 5.79 Å². The second-order valence-electron chi connectivity index (χ2n) is 7.81. The second-order valence-corrected chi connectivity index (χ2v) is 7.81. The molecule has 6 nitrogen and oxygen atoms in total. The lowest BCUT2D eigenvalue weighted by atomic mass is 9.53. The monoisotopic (exact) mass is 344 g/mol. The van der Waals surface area contributed by atoms with E-state index in [-0.39, 0.29) is 30.3 Å². The normalized spacial score (nSPS) is 42.6. The van der Waals surface area contributed by atoms with Gasteiger partial charge < -0.3 is 19.0 Å². The Morgan fingerprint density at radius 3 is 2.88 bits per heavy atom. The van der Waals surface area contributed by atoms with Gasteiger partial charge >= 0.3 is 11.9 Å². The van der Waals surface area contributed by atoms with E-state index in [0.29, 0.717) is 24.0 Å². The lowest BCUT2D eigenvalue weighted by Crippen LogP contribution is -2.54. The maximum atomic E-state index is 13.1. The zero-order valence-corrected chi connectivity index (χ0v) is 14.0. The molecule has 1 N–H and O–H groups in total. The van der Waals surface area contributed by atoms with Crippen LogP contribution in [0.3, 0.4) is 0 Å². The molecule has 25 heavy (non-hydrogen) atoms. The number of fused-ring (bicyclic) bond motifs is 1. The zero-order valence-electron chi connectivity index (χ0n) is 14.0. The molecule has 0 aromatic carbocycles. The van der Waals surface area contributed by atoms with Crippen LogP contribution in [0.2, 0.25) is 0 Å². The van der Waals surface area contributed by atoms with Crippen LogP contribution in [0.5, 0.6) is 0 Å². The van der Waals surface area contributed by atoms with E-state index < -0.39 is 17.2 Å². The van der Waals surface area contributed by atoms with Gasteiger partial charge in [0.25, 0.3) is 0 Å². The van der Waals surface area contributed by atoms with E-state index in [1.54, 1.807) is 12.5 Å². The van der Waals surface area contributed by atoms with Gasteiger partial charge in [0, 0.05) is 35.5 Å². The van der Waals surface area contributed by atoms with Gasteiger partial charge in [-0.15, -0.1) is 0 Å². The first-order valence-electron chi connectivity index (χ1n) is 8.88. The van der Waals surface area contributed by atoms with Gasteiger partial charge in [0.05, 0.1) is 17.9 Å². The summed E-state index contributed by atoms with van der Waals surface area (Å²) in [5.41, 5.74) is 1.35. The highest BCUT2D eigenvalue weighted by molar-refractivity contribution is 5.94. The van der Waals surface area contributed by atoms with Crippen LogP contribution < -0.4 is 0 Å². The van der Waals surface area contributed by atoms with Crippen LogP contribution in [-0.4, -0.2) is 22.8 Å². The van der Waals surface area contributed by atoms with Crippen LogP contribution in [0.4, 0.5) is 0 Å². The molecule has 0 radical (unpaired) electrons. The number of esters is 2. The molecule has 1 saturated carbocycles. The fourth-order valence-electron chi connectivity index (χ4n) is 5.57. The summed E-state index contributed by atoms with van der Waals surface area (Å²) in [5, 5.41) is 11.0. The van der Waals surface area contributed by atoms with Gasteiger partial charge in [-0.2, -0.15) is 0 Å². The third-order valence-electron chi connectivity index (χ3n) is 6.67. The van der Waals surface area contributed by atoms with Gasteiger partial charge in [0.1, 0.15) is 6.10 Å². The number of ether oxygens (including phenoxy) is 2. The minimum Gasteiger partial charge on any atom is -0.472 e. The minimum atomic E-state index is -1.55. The van der Waals surface area contributed by atoms with Crippen molar-refractivity contribution in [3.8, 4) is 0 Å². The molecular weight excluding hydrogens is 324 g/mol. The van der Waals surface area contributed by atoms with E-state index in [1.165, 1.54) is 0 Å². The number of carbonyl (C=O) groups excluding carboxylic acids is 2. The smallest absolute Gasteiger partial charge is 0.336 e. The van der Waals surface area contributed by atoms with Crippen molar-refractivity contribution in [2.24, 2.45) is 17.3 Å². The van der Waals surface area contributed by atoms with Gasteiger partial charge in [-0.05, 0) is 31.2 Å². The number of cyclic esters (lactones) is 1. The number of carbonyl (C=O) groups is 2. The molecule has 2 aliphatic heterocycles. The SMILES string of the molecule is C[C@@H]1C[C@]2(O)OC(=O)C3=C2[C@H](CCC3)[C@]12C[C@@H](c1ccoc1)OC2=O. The van der Waals surface area contributed by atoms with Crippen molar-refractivity contribution in [2.75, 3.05) is 0 Å². The van der Waals surface area contributed by atoms with E-state index >= 15 is 0 Å². The minimum absolute atomic E-state index is 0.152. The summed E-state index contributed by atoms with van der Waals surface area (Å²) < 4.78 is 16.2. The number of hydrogen-bond acceptors (Lipinski definition) is 6. The molecule has 1 aromatic heterocycles. The Balaban J connectivity index is 1.62. The molecule has 5 atom stereocenters. The molecule has 4 aliphatic rings. The van der Waals surface area contributed by atoms with Crippen LogP contribution in [-0.2, 0) is 19.1 Å². The lowest BCUT2D eigenvalue weighted by molar-refractivity contribution is -0.205. The lowest BCUT2D eigenvalue weighted by Gasteiger charge is -2.49. The maximum absolute atomic E-state index is 13.1. The molecule has 0 unspecified atom stereocenters. The Morgan fingerprint density at radius 1 is 1.28 bits per heavy atom. The van der Waals surface area contributed by atoms with E-state index in [9.17, 15) is 14.7 Å². The topological polar surface area (TPSA) is 86.0 Å². The third-order valence-corrected chi connectivity index (χ3v) is 6.67. The van der Waals surface area contributed by atoms with E-state index in [4.69, 9.17) is 13.9 Å². The van der Waals surface area contributed by atoms with Crippen molar-refractivity contribution in [1.82, 2.24) is 0 Å². The third kappa shape index (κ3) is 1.78. The predicted octanol–water partition coefficient (Wildman–Crippen LogP) is 2.64. The Labute approximate surface area is 144 Å².